The van der Waals surface area contributed by atoms with Crippen LogP contribution in [0, 0.1) is 10.1 Å². The molecule has 0 radical (unpaired) electrons. The zero-order valence-corrected chi connectivity index (χ0v) is 19.0. The van der Waals surface area contributed by atoms with E-state index < -0.39 is 4.92 Å². The number of amides is 1. The van der Waals surface area contributed by atoms with Crippen LogP contribution in [-0.2, 0) is 6.54 Å². The summed E-state index contributed by atoms with van der Waals surface area (Å²) >= 11 is 1.32. The smallest absolute Gasteiger partial charge is 0.271 e. The van der Waals surface area contributed by atoms with Crippen LogP contribution in [0.5, 0.6) is 0 Å². The summed E-state index contributed by atoms with van der Waals surface area (Å²) in [4.78, 5) is 23.8. The summed E-state index contributed by atoms with van der Waals surface area (Å²) in [6.07, 6.45) is 1.39. The first-order valence-corrected chi connectivity index (χ1v) is 11.2. The lowest BCUT2D eigenvalue weighted by Gasteiger charge is -2.09. The fourth-order valence-corrected chi connectivity index (χ4v) is 4.18. The molecule has 0 atom stereocenters. The van der Waals surface area contributed by atoms with Crippen molar-refractivity contribution < 1.29 is 9.72 Å². The number of carbonyl (C=O) groups excluding carboxylic acids is 1. The summed E-state index contributed by atoms with van der Waals surface area (Å²) < 4.78 is 1.97. The number of non-ortho nitro benzene ring substituents is 1. The first-order valence-electron chi connectivity index (χ1n) is 10.4. The van der Waals surface area contributed by atoms with Gasteiger partial charge in [-0.25, -0.2) is 5.43 Å². The molecule has 0 spiro atoms. The predicted molar refractivity (Wildman–Crippen MR) is 130 cm³/mol. The molecule has 9 nitrogen and oxygen atoms in total. The lowest BCUT2D eigenvalue weighted by molar-refractivity contribution is -0.384. The number of hydrogen-bond donors (Lipinski definition) is 1. The van der Waals surface area contributed by atoms with E-state index in [-0.39, 0.29) is 11.6 Å². The highest BCUT2D eigenvalue weighted by molar-refractivity contribution is 7.99. The van der Waals surface area contributed by atoms with Crippen LogP contribution in [0.25, 0.3) is 11.4 Å². The van der Waals surface area contributed by atoms with E-state index in [4.69, 9.17) is 0 Å². The summed E-state index contributed by atoms with van der Waals surface area (Å²) in [5.41, 5.74) is 4.24. The molecular formula is C24H20N6O3S. The number of nitrogens with zero attached hydrogens (tertiary/aromatic N) is 5. The normalized spacial score (nSPS) is 11.0. The Kier molecular flexibility index (Phi) is 7.09. The Bertz CT molecular complexity index is 1340. The van der Waals surface area contributed by atoms with Gasteiger partial charge in [0.2, 0.25) is 0 Å². The Hall–Kier alpha value is -4.31. The van der Waals surface area contributed by atoms with Gasteiger partial charge >= 0.3 is 0 Å². The summed E-state index contributed by atoms with van der Waals surface area (Å²) in [5.74, 6) is 0.354. The monoisotopic (exact) mass is 472 g/mol. The van der Waals surface area contributed by atoms with E-state index in [1.165, 1.54) is 30.1 Å². The molecule has 1 heterocycles. The zero-order chi connectivity index (χ0) is 23.9. The molecule has 0 saturated heterocycles. The van der Waals surface area contributed by atoms with Crippen molar-refractivity contribution in [2.75, 3.05) is 0 Å². The van der Waals surface area contributed by atoms with Crippen molar-refractivity contribution in [2.24, 2.45) is 5.10 Å². The van der Waals surface area contributed by atoms with Crippen LogP contribution in [0.15, 0.2) is 94.0 Å². The fourth-order valence-electron chi connectivity index (χ4n) is 3.21. The zero-order valence-electron chi connectivity index (χ0n) is 18.2. The van der Waals surface area contributed by atoms with E-state index in [0.717, 1.165) is 11.4 Å². The number of nitro groups is 1. The number of benzene rings is 3. The van der Waals surface area contributed by atoms with E-state index in [2.05, 4.69) is 20.7 Å². The second-order valence-corrected chi connectivity index (χ2v) is 8.07. The van der Waals surface area contributed by atoms with Crippen molar-refractivity contribution >= 4 is 29.6 Å². The molecule has 0 saturated carbocycles. The average Bonchev–Trinajstić information content (AvgIpc) is 3.28. The summed E-state index contributed by atoms with van der Waals surface area (Å²) in [7, 11) is 0. The van der Waals surface area contributed by atoms with Crippen molar-refractivity contribution in [1.29, 1.82) is 0 Å². The highest BCUT2D eigenvalue weighted by Crippen LogP contribution is 2.33. The number of hydrazone groups is 1. The van der Waals surface area contributed by atoms with Gasteiger partial charge < -0.3 is 4.57 Å². The third-order valence-corrected chi connectivity index (χ3v) is 5.95. The largest absolute Gasteiger partial charge is 0.302 e. The molecule has 170 valence electrons. The van der Waals surface area contributed by atoms with E-state index in [1.807, 2.05) is 47.9 Å². The minimum atomic E-state index is -0.476. The van der Waals surface area contributed by atoms with E-state index >= 15 is 0 Å². The number of nitrogens with one attached hydrogen (secondary N) is 1. The number of nitro benzene ring substituents is 1. The van der Waals surface area contributed by atoms with Gasteiger partial charge in [0.25, 0.3) is 11.6 Å². The van der Waals surface area contributed by atoms with Crippen molar-refractivity contribution in [2.45, 2.75) is 23.5 Å². The Balaban J connectivity index is 1.62. The first-order chi connectivity index (χ1) is 16.6. The van der Waals surface area contributed by atoms with Crippen molar-refractivity contribution in [3.63, 3.8) is 0 Å². The third-order valence-electron chi connectivity index (χ3n) is 4.88. The molecule has 0 unspecified atom stereocenters. The van der Waals surface area contributed by atoms with Gasteiger partial charge in [0.15, 0.2) is 11.0 Å². The van der Waals surface area contributed by atoms with E-state index in [1.54, 1.807) is 30.3 Å². The van der Waals surface area contributed by atoms with Crippen molar-refractivity contribution in [3.8, 4) is 11.4 Å². The third kappa shape index (κ3) is 5.18. The molecular weight excluding hydrogens is 452 g/mol. The molecule has 1 aromatic heterocycles. The molecule has 0 bridgehead atoms. The summed E-state index contributed by atoms with van der Waals surface area (Å²) in [6.45, 7) is 2.64. The lowest BCUT2D eigenvalue weighted by Crippen LogP contribution is -2.17. The van der Waals surface area contributed by atoms with Crippen molar-refractivity contribution in [1.82, 2.24) is 20.2 Å². The number of carbonyl (C=O) groups is 1. The SMILES string of the molecule is CCn1c(Sc2ccc([N+](=O)[O-])cc2/C=N\NC(=O)c2ccccc2)nnc1-c1ccccc1. The highest BCUT2D eigenvalue weighted by atomic mass is 32.2. The Morgan fingerprint density at radius 1 is 1.09 bits per heavy atom. The maximum Gasteiger partial charge on any atom is 0.271 e. The van der Waals surface area contributed by atoms with Gasteiger partial charge in [0, 0.05) is 40.3 Å². The van der Waals surface area contributed by atoms with Crippen LogP contribution in [0.4, 0.5) is 5.69 Å². The fraction of sp³-hybridized carbons (Fsp3) is 0.0833. The van der Waals surface area contributed by atoms with Crippen LogP contribution in [-0.4, -0.2) is 31.8 Å². The molecule has 0 aliphatic rings. The molecule has 34 heavy (non-hydrogen) atoms. The Labute approximate surface area is 199 Å². The maximum atomic E-state index is 12.2. The Morgan fingerprint density at radius 2 is 1.79 bits per heavy atom. The quantitative estimate of drug-likeness (QED) is 0.224. The molecule has 4 aromatic rings. The summed E-state index contributed by atoms with van der Waals surface area (Å²) in [5, 5.41) is 24.6. The van der Waals surface area contributed by atoms with E-state index in [0.29, 0.717) is 27.7 Å². The molecule has 4 rings (SSSR count). The van der Waals surface area contributed by atoms with Gasteiger partial charge in [-0.1, -0.05) is 48.5 Å². The molecule has 3 aromatic carbocycles. The Morgan fingerprint density at radius 3 is 2.47 bits per heavy atom. The molecule has 0 aliphatic carbocycles. The molecule has 1 N–H and O–H groups in total. The van der Waals surface area contributed by atoms with Crippen LogP contribution in [0.1, 0.15) is 22.8 Å². The average molecular weight is 473 g/mol. The lowest BCUT2D eigenvalue weighted by atomic mass is 10.2. The van der Waals surface area contributed by atoms with Gasteiger partial charge in [0.05, 0.1) is 11.1 Å². The van der Waals surface area contributed by atoms with Gasteiger partial charge in [-0.2, -0.15) is 5.10 Å². The van der Waals surface area contributed by atoms with Crippen LogP contribution in [0.3, 0.4) is 0 Å². The molecule has 1 amide bonds. The topological polar surface area (TPSA) is 115 Å². The maximum absolute atomic E-state index is 12.2. The molecule has 0 fully saturated rings. The van der Waals surface area contributed by atoms with Gasteiger partial charge in [-0.15, -0.1) is 10.2 Å². The number of rotatable bonds is 8. The molecule has 0 aliphatic heterocycles. The number of hydrogen-bond acceptors (Lipinski definition) is 7. The first kappa shape index (κ1) is 22.9. The van der Waals surface area contributed by atoms with Crippen LogP contribution >= 0.6 is 11.8 Å². The summed E-state index contributed by atoms with van der Waals surface area (Å²) in [6, 6.07) is 22.9. The minimum Gasteiger partial charge on any atom is -0.302 e. The second-order valence-electron chi connectivity index (χ2n) is 7.06. The minimum absolute atomic E-state index is 0.0814. The van der Waals surface area contributed by atoms with Gasteiger partial charge in [-0.05, 0) is 36.9 Å². The van der Waals surface area contributed by atoms with Gasteiger partial charge in [0.1, 0.15) is 0 Å². The molecule has 10 heteroatoms. The van der Waals surface area contributed by atoms with Gasteiger partial charge in [-0.3, -0.25) is 14.9 Å². The van der Waals surface area contributed by atoms with Crippen LogP contribution in [0.2, 0.25) is 0 Å². The standard InChI is InChI=1S/C24H20N6O3S/c1-2-29-22(17-9-5-3-6-10-17)26-28-24(29)34-21-14-13-20(30(32)33)15-19(21)16-25-27-23(31)18-11-7-4-8-12-18/h3-16H,2H2,1H3,(H,27,31)/b25-16-. The second kappa shape index (κ2) is 10.5. The van der Waals surface area contributed by atoms with E-state index in [9.17, 15) is 14.9 Å². The highest BCUT2D eigenvalue weighted by Gasteiger charge is 2.17. The predicted octanol–water partition coefficient (Wildman–Crippen LogP) is 4.79. The van der Waals surface area contributed by atoms with Crippen LogP contribution < -0.4 is 5.43 Å². The number of aromatic nitrogens is 3. The van der Waals surface area contributed by atoms with Crippen molar-refractivity contribution in [3.05, 3.63) is 100 Å².